The van der Waals surface area contributed by atoms with Crippen molar-refractivity contribution in [1.82, 2.24) is 4.98 Å². The summed E-state index contributed by atoms with van der Waals surface area (Å²) < 4.78 is 0. The third kappa shape index (κ3) is 2.29. The summed E-state index contributed by atoms with van der Waals surface area (Å²) in [5.74, 6) is 0. The topological polar surface area (TPSA) is 33.1 Å². The highest BCUT2D eigenvalue weighted by molar-refractivity contribution is 5.39. The first-order valence-corrected chi connectivity index (χ1v) is 6.33. The van der Waals surface area contributed by atoms with E-state index in [1.165, 1.54) is 5.56 Å². The van der Waals surface area contributed by atoms with Crippen LogP contribution in [0.25, 0.3) is 0 Å². The Labute approximate surface area is 108 Å². The summed E-state index contributed by atoms with van der Waals surface area (Å²) in [6.45, 7) is 6.18. The molecule has 0 fully saturated rings. The van der Waals surface area contributed by atoms with Crippen molar-refractivity contribution in [1.29, 1.82) is 0 Å². The number of pyridine rings is 1. The van der Waals surface area contributed by atoms with Crippen LogP contribution in [0, 0.1) is 13.8 Å². The van der Waals surface area contributed by atoms with E-state index < -0.39 is 6.10 Å². The van der Waals surface area contributed by atoms with Gasteiger partial charge in [0.2, 0.25) is 0 Å². The van der Waals surface area contributed by atoms with Crippen molar-refractivity contribution >= 4 is 0 Å². The first-order chi connectivity index (χ1) is 8.65. The van der Waals surface area contributed by atoms with E-state index in [4.69, 9.17) is 0 Å². The second kappa shape index (κ2) is 5.32. The second-order valence-corrected chi connectivity index (χ2v) is 4.59. The highest BCUT2D eigenvalue weighted by Crippen LogP contribution is 2.27. The number of aromatic nitrogens is 1. The maximum Gasteiger partial charge on any atom is 0.121 e. The molecule has 0 aliphatic carbocycles. The number of aryl methyl sites for hydroxylation is 2. The lowest BCUT2D eigenvalue weighted by molar-refractivity contribution is 0.213. The number of hydrogen-bond acceptors (Lipinski definition) is 2. The average Bonchev–Trinajstić information content (AvgIpc) is 2.41. The van der Waals surface area contributed by atoms with Gasteiger partial charge in [0.1, 0.15) is 6.10 Å². The smallest absolute Gasteiger partial charge is 0.121 e. The van der Waals surface area contributed by atoms with Crippen molar-refractivity contribution in [2.75, 3.05) is 0 Å². The van der Waals surface area contributed by atoms with Gasteiger partial charge in [0.25, 0.3) is 0 Å². The molecule has 2 aromatic rings. The summed E-state index contributed by atoms with van der Waals surface area (Å²) >= 11 is 0. The molecule has 2 rings (SSSR count). The van der Waals surface area contributed by atoms with Crippen molar-refractivity contribution in [3.8, 4) is 0 Å². The van der Waals surface area contributed by atoms with Gasteiger partial charge < -0.3 is 5.11 Å². The number of hydrogen-bond donors (Lipinski definition) is 1. The van der Waals surface area contributed by atoms with Crippen molar-refractivity contribution in [3.63, 3.8) is 0 Å². The van der Waals surface area contributed by atoms with Crippen LogP contribution in [0.5, 0.6) is 0 Å². The monoisotopic (exact) mass is 241 g/mol. The molecule has 2 heteroatoms. The number of aliphatic hydroxyl groups excluding tert-OH is 1. The van der Waals surface area contributed by atoms with Crippen molar-refractivity contribution in [3.05, 3.63) is 64.5 Å². The minimum atomic E-state index is -0.638. The van der Waals surface area contributed by atoms with Crippen LogP contribution < -0.4 is 0 Å². The van der Waals surface area contributed by atoms with E-state index in [0.29, 0.717) is 0 Å². The molecular weight excluding hydrogens is 222 g/mol. The van der Waals surface area contributed by atoms with Gasteiger partial charge >= 0.3 is 0 Å². The molecule has 18 heavy (non-hydrogen) atoms. The van der Waals surface area contributed by atoms with Gasteiger partial charge in [0, 0.05) is 6.20 Å². The normalized spacial score (nSPS) is 12.4. The van der Waals surface area contributed by atoms with Crippen molar-refractivity contribution < 1.29 is 5.11 Å². The molecule has 0 saturated heterocycles. The van der Waals surface area contributed by atoms with Crippen LogP contribution >= 0.6 is 0 Å². The van der Waals surface area contributed by atoms with Gasteiger partial charge in [-0.25, -0.2) is 0 Å². The van der Waals surface area contributed by atoms with Gasteiger partial charge in [-0.05, 0) is 48.6 Å². The zero-order chi connectivity index (χ0) is 13.1. The van der Waals surface area contributed by atoms with E-state index >= 15 is 0 Å². The Bertz CT molecular complexity index is 549. The molecule has 0 aliphatic rings. The average molecular weight is 241 g/mol. The molecule has 0 aliphatic heterocycles. The molecule has 0 bridgehead atoms. The maximum absolute atomic E-state index is 10.5. The molecule has 1 N–H and O–H groups in total. The summed E-state index contributed by atoms with van der Waals surface area (Å²) in [5, 5.41) is 10.5. The van der Waals surface area contributed by atoms with Crippen LogP contribution in [-0.4, -0.2) is 10.1 Å². The molecule has 0 saturated carbocycles. The van der Waals surface area contributed by atoms with E-state index in [0.717, 1.165) is 28.8 Å². The molecule has 1 unspecified atom stereocenters. The summed E-state index contributed by atoms with van der Waals surface area (Å²) in [7, 11) is 0. The van der Waals surface area contributed by atoms with E-state index in [9.17, 15) is 5.11 Å². The fourth-order valence-corrected chi connectivity index (χ4v) is 2.21. The predicted molar refractivity (Wildman–Crippen MR) is 73.6 cm³/mol. The van der Waals surface area contributed by atoms with Crippen LogP contribution in [0.3, 0.4) is 0 Å². The number of benzene rings is 1. The first kappa shape index (κ1) is 12.8. The number of aliphatic hydroxyl groups is 1. The summed E-state index contributed by atoms with van der Waals surface area (Å²) in [5.41, 5.74) is 5.15. The molecule has 0 radical (unpaired) electrons. The quantitative estimate of drug-likeness (QED) is 0.894. The van der Waals surface area contributed by atoms with Crippen LogP contribution in [0.2, 0.25) is 0 Å². The zero-order valence-electron chi connectivity index (χ0n) is 11.1. The molecule has 0 amide bonds. The van der Waals surface area contributed by atoms with Crippen LogP contribution in [-0.2, 0) is 6.42 Å². The maximum atomic E-state index is 10.5. The Morgan fingerprint density at radius 3 is 2.67 bits per heavy atom. The summed E-state index contributed by atoms with van der Waals surface area (Å²) in [6.07, 6.45) is 1.98. The van der Waals surface area contributed by atoms with Gasteiger partial charge in [0.05, 0.1) is 5.69 Å². The first-order valence-electron chi connectivity index (χ1n) is 6.33. The highest BCUT2D eigenvalue weighted by Gasteiger charge is 2.17. The van der Waals surface area contributed by atoms with Crippen LogP contribution in [0.1, 0.15) is 41.0 Å². The fourth-order valence-electron chi connectivity index (χ4n) is 2.21. The predicted octanol–water partition coefficient (Wildman–Crippen LogP) is 3.34. The SMILES string of the molecule is CCc1cccnc1C(O)c1cccc(C)c1C. The van der Waals surface area contributed by atoms with E-state index in [1.807, 2.05) is 31.2 Å². The third-order valence-corrected chi connectivity index (χ3v) is 3.51. The Morgan fingerprint density at radius 2 is 1.94 bits per heavy atom. The minimum Gasteiger partial charge on any atom is -0.382 e. The molecule has 0 spiro atoms. The lowest BCUT2D eigenvalue weighted by Crippen LogP contribution is -2.08. The van der Waals surface area contributed by atoms with E-state index in [1.54, 1.807) is 6.20 Å². The van der Waals surface area contributed by atoms with Gasteiger partial charge in [-0.15, -0.1) is 0 Å². The number of rotatable bonds is 3. The molecule has 1 heterocycles. The Morgan fingerprint density at radius 1 is 1.17 bits per heavy atom. The van der Waals surface area contributed by atoms with Gasteiger partial charge in [-0.1, -0.05) is 31.2 Å². The molecule has 2 nitrogen and oxygen atoms in total. The largest absolute Gasteiger partial charge is 0.382 e. The second-order valence-electron chi connectivity index (χ2n) is 4.59. The lowest BCUT2D eigenvalue weighted by atomic mass is 9.95. The fraction of sp³-hybridized carbons (Fsp3) is 0.312. The zero-order valence-corrected chi connectivity index (χ0v) is 11.1. The number of nitrogens with zero attached hydrogens (tertiary/aromatic N) is 1. The highest BCUT2D eigenvalue weighted by atomic mass is 16.3. The van der Waals surface area contributed by atoms with Crippen LogP contribution in [0.15, 0.2) is 36.5 Å². The van der Waals surface area contributed by atoms with Gasteiger partial charge in [-0.3, -0.25) is 4.98 Å². The molecular formula is C16H19NO. The van der Waals surface area contributed by atoms with Crippen molar-refractivity contribution in [2.45, 2.75) is 33.3 Å². The Balaban J connectivity index is 2.48. The van der Waals surface area contributed by atoms with Crippen molar-refractivity contribution in [2.24, 2.45) is 0 Å². The Kier molecular flexibility index (Phi) is 3.78. The third-order valence-electron chi connectivity index (χ3n) is 3.51. The standard InChI is InChI=1S/C16H19NO/c1-4-13-8-6-10-17-15(13)16(18)14-9-5-7-11(2)12(14)3/h5-10,16,18H,4H2,1-3H3. The molecule has 1 aromatic heterocycles. The lowest BCUT2D eigenvalue weighted by Gasteiger charge is -2.17. The van der Waals surface area contributed by atoms with Gasteiger partial charge in [0.15, 0.2) is 0 Å². The summed E-state index contributed by atoms with van der Waals surface area (Å²) in [6, 6.07) is 9.95. The summed E-state index contributed by atoms with van der Waals surface area (Å²) in [4.78, 5) is 4.35. The van der Waals surface area contributed by atoms with Gasteiger partial charge in [-0.2, -0.15) is 0 Å². The molecule has 94 valence electrons. The van der Waals surface area contributed by atoms with E-state index in [-0.39, 0.29) is 0 Å². The molecule has 1 aromatic carbocycles. The minimum absolute atomic E-state index is 0.638. The Hall–Kier alpha value is -1.67. The molecule has 1 atom stereocenters. The van der Waals surface area contributed by atoms with E-state index in [2.05, 4.69) is 24.9 Å². The van der Waals surface area contributed by atoms with Crippen LogP contribution in [0.4, 0.5) is 0 Å².